The molecule has 0 fully saturated rings. The summed E-state index contributed by atoms with van der Waals surface area (Å²) in [5.74, 6) is 0.759. The van der Waals surface area contributed by atoms with Crippen LogP contribution in [0.15, 0.2) is 53.7 Å². The quantitative estimate of drug-likeness (QED) is 0.389. The lowest BCUT2D eigenvalue weighted by Gasteiger charge is -2.25. The molecule has 4 heteroatoms. The number of aryl methyl sites for hydroxylation is 1. The molecule has 4 nitrogen and oxygen atoms in total. The van der Waals surface area contributed by atoms with Crippen molar-refractivity contribution in [2.75, 3.05) is 18.0 Å². The molecule has 0 amide bonds. The van der Waals surface area contributed by atoms with Crippen LogP contribution in [-0.4, -0.2) is 24.1 Å². The van der Waals surface area contributed by atoms with Gasteiger partial charge in [0.15, 0.2) is 0 Å². The van der Waals surface area contributed by atoms with Crippen molar-refractivity contribution in [3.05, 3.63) is 65.3 Å². The van der Waals surface area contributed by atoms with Gasteiger partial charge in [-0.05, 0) is 62.3 Å². The minimum absolute atomic E-state index is 0.643. The molecule has 0 bridgehead atoms. The summed E-state index contributed by atoms with van der Waals surface area (Å²) in [6.45, 7) is 12.9. The van der Waals surface area contributed by atoms with Gasteiger partial charge in [0.2, 0.25) is 6.41 Å². The van der Waals surface area contributed by atoms with Crippen LogP contribution in [0.5, 0.6) is 0 Å². The molecule has 0 saturated carbocycles. The number of hydrogen-bond donors (Lipinski definition) is 0. The van der Waals surface area contributed by atoms with E-state index in [4.69, 9.17) is 4.99 Å². The van der Waals surface area contributed by atoms with Gasteiger partial charge in [-0.25, -0.2) is 4.99 Å². The summed E-state index contributed by atoms with van der Waals surface area (Å²) < 4.78 is 1.60. The molecule has 0 spiro atoms. The summed E-state index contributed by atoms with van der Waals surface area (Å²) in [6, 6.07) is 12.5. The molecule has 0 N–H and O–H groups in total. The third-order valence-electron chi connectivity index (χ3n) is 5.87. The maximum Gasteiger partial charge on any atom is 0.219 e. The minimum Gasteiger partial charge on any atom is -0.370 e. The number of allylic oxidation sites excluding steroid dienone is 1. The van der Waals surface area contributed by atoms with E-state index in [-0.39, 0.29) is 0 Å². The van der Waals surface area contributed by atoms with E-state index in [1.807, 2.05) is 25.3 Å². The minimum atomic E-state index is 0.643. The maximum absolute atomic E-state index is 11.9. The van der Waals surface area contributed by atoms with Gasteiger partial charge in [0, 0.05) is 24.8 Å². The van der Waals surface area contributed by atoms with E-state index in [0.29, 0.717) is 5.49 Å². The molecule has 0 saturated heterocycles. The molecule has 31 heavy (non-hydrogen) atoms. The number of carbonyl (C=O) groups is 1. The molecule has 0 aliphatic heterocycles. The van der Waals surface area contributed by atoms with Gasteiger partial charge in [-0.3, -0.25) is 9.36 Å². The molecule has 2 rings (SSSR count). The number of pyridine rings is 1. The number of carbonyl (C=O) groups excluding carboxylic acids is 1. The van der Waals surface area contributed by atoms with Gasteiger partial charge in [0.1, 0.15) is 5.49 Å². The van der Waals surface area contributed by atoms with Crippen LogP contribution in [0, 0.1) is 5.92 Å². The van der Waals surface area contributed by atoms with Crippen molar-refractivity contribution in [1.82, 2.24) is 4.57 Å². The van der Waals surface area contributed by atoms with Gasteiger partial charge >= 0.3 is 0 Å². The predicted octanol–water partition coefficient (Wildman–Crippen LogP) is 6.09. The number of hydrogen-bond acceptors (Lipinski definition) is 3. The highest BCUT2D eigenvalue weighted by Crippen LogP contribution is 2.18. The molecule has 1 heterocycles. The third kappa shape index (κ3) is 7.23. The molecule has 1 aromatic carbocycles. The van der Waals surface area contributed by atoms with Gasteiger partial charge in [0.25, 0.3) is 0 Å². The first-order valence-corrected chi connectivity index (χ1v) is 11.8. The van der Waals surface area contributed by atoms with E-state index >= 15 is 0 Å². The fraction of sp³-hybridized carbons (Fsp3) is 0.481. The number of rotatable bonds is 12. The lowest BCUT2D eigenvalue weighted by Crippen LogP contribution is -2.28. The van der Waals surface area contributed by atoms with E-state index in [1.165, 1.54) is 24.8 Å². The monoisotopic (exact) mass is 421 g/mol. The van der Waals surface area contributed by atoms with Crippen LogP contribution in [0.1, 0.15) is 71.4 Å². The highest BCUT2D eigenvalue weighted by atomic mass is 16.1. The molecule has 0 radical (unpaired) electrons. The summed E-state index contributed by atoms with van der Waals surface area (Å²) in [6.07, 6.45) is 10.4. The molecule has 2 aromatic rings. The van der Waals surface area contributed by atoms with Crippen LogP contribution in [0.2, 0.25) is 0 Å². The zero-order valence-electron chi connectivity index (χ0n) is 20.0. The second-order valence-electron chi connectivity index (χ2n) is 8.24. The van der Waals surface area contributed by atoms with Crippen molar-refractivity contribution >= 4 is 17.8 Å². The lowest BCUT2D eigenvalue weighted by atomic mass is 10.0. The Morgan fingerprint density at radius 1 is 1.16 bits per heavy atom. The van der Waals surface area contributed by atoms with E-state index in [2.05, 4.69) is 62.9 Å². The average Bonchev–Trinajstić information content (AvgIpc) is 2.81. The largest absolute Gasteiger partial charge is 0.370 e. The molecule has 1 unspecified atom stereocenters. The fourth-order valence-corrected chi connectivity index (χ4v) is 3.71. The first-order valence-electron chi connectivity index (χ1n) is 11.8. The molecule has 1 atom stereocenters. The lowest BCUT2D eigenvalue weighted by molar-refractivity contribution is 0.492. The van der Waals surface area contributed by atoms with Crippen LogP contribution in [-0.2, 0) is 11.2 Å². The van der Waals surface area contributed by atoms with Gasteiger partial charge in [-0.1, -0.05) is 58.4 Å². The zero-order chi connectivity index (χ0) is 22.6. The SMILES string of the molecule is C/C=C(\N=c1\ccc(N(CCC)CCCC(C)CC)cn1C=O)c1cccc(CC)c1. The average molecular weight is 422 g/mol. The summed E-state index contributed by atoms with van der Waals surface area (Å²) in [5.41, 5.74) is 4.94. The van der Waals surface area contributed by atoms with Gasteiger partial charge in [-0.2, -0.15) is 0 Å². The Morgan fingerprint density at radius 2 is 1.97 bits per heavy atom. The molecule has 168 valence electrons. The van der Waals surface area contributed by atoms with Crippen molar-refractivity contribution in [3.8, 4) is 0 Å². The van der Waals surface area contributed by atoms with Gasteiger partial charge < -0.3 is 4.90 Å². The fourth-order valence-electron chi connectivity index (χ4n) is 3.71. The summed E-state index contributed by atoms with van der Waals surface area (Å²) in [4.78, 5) is 19.1. The Balaban J connectivity index is 2.32. The highest BCUT2D eigenvalue weighted by Gasteiger charge is 2.09. The van der Waals surface area contributed by atoms with E-state index in [9.17, 15) is 4.79 Å². The summed E-state index contributed by atoms with van der Waals surface area (Å²) >= 11 is 0. The molecular weight excluding hydrogens is 382 g/mol. The second kappa shape index (κ2) is 12.9. The Hall–Kier alpha value is -2.62. The van der Waals surface area contributed by atoms with Gasteiger partial charge in [0.05, 0.1) is 11.4 Å². The normalized spacial score (nSPS) is 13.3. The van der Waals surface area contributed by atoms with Crippen molar-refractivity contribution in [3.63, 3.8) is 0 Å². The Kier molecular flexibility index (Phi) is 10.3. The van der Waals surface area contributed by atoms with Crippen LogP contribution >= 0.6 is 0 Å². The maximum atomic E-state index is 11.9. The van der Waals surface area contributed by atoms with Crippen LogP contribution in [0.25, 0.3) is 5.70 Å². The molecule has 0 aliphatic carbocycles. The molecular formula is C27H39N3O. The Labute approximate surface area is 188 Å². The first-order chi connectivity index (χ1) is 15.1. The van der Waals surface area contributed by atoms with E-state index in [0.717, 1.165) is 55.2 Å². The van der Waals surface area contributed by atoms with Gasteiger partial charge in [-0.15, -0.1) is 0 Å². The standard InChI is InChI=1S/C27H39N3O/c1-6-17-29(18-11-12-22(5)7-2)25-15-16-27(30(20-25)21-31)28-26(9-4)24-14-10-13-23(8-3)19-24/h9-10,13-16,19-22H,6-8,11-12,17-18H2,1-5H3/b26-9-,28-27-. The summed E-state index contributed by atoms with van der Waals surface area (Å²) in [5, 5.41) is 0. The highest BCUT2D eigenvalue weighted by molar-refractivity contribution is 5.65. The predicted molar refractivity (Wildman–Crippen MR) is 133 cm³/mol. The summed E-state index contributed by atoms with van der Waals surface area (Å²) in [7, 11) is 0. The zero-order valence-corrected chi connectivity index (χ0v) is 20.0. The van der Waals surface area contributed by atoms with E-state index in [1.54, 1.807) is 4.57 Å². The smallest absolute Gasteiger partial charge is 0.219 e. The molecule has 0 aliphatic rings. The number of nitrogens with zero attached hydrogens (tertiary/aromatic N) is 3. The first kappa shape index (κ1) is 24.6. The van der Waals surface area contributed by atoms with Crippen molar-refractivity contribution in [2.24, 2.45) is 10.9 Å². The van der Waals surface area contributed by atoms with Crippen molar-refractivity contribution < 1.29 is 4.79 Å². The number of anilines is 1. The number of aromatic nitrogens is 1. The van der Waals surface area contributed by atoms with Crippen LogP contribution in [0.3, 0.4) is 0 Å². The van der Waals surface area contributed by atoms with Crippen molar-refractivity contribution in [2.45, 2.75) is 66.7 Å². The topological polar surface area (TPSA) is 37.6 Å². The van der Waals surface area contributed by atoms with E-state index < -0.39 is 0 Å². The second-order valence-corrected chi connectivity index (χ2v) is 8.24. The number of benzene rings is 1. The molecule has 1 aromatic heterocycles. The van der Waals surface area contributed by atoms with Crippen LogP contribution in [0.4, 0.5) is 5.69 Å². The van der Waals surface area contributed by atoms with Crippen molar-refractivity contribution in [1.29, 1.82) is 0 Å². The Bertz CT molecular complexity index is 926. The Morgan fingerprint density at radius 3 is 2.61 bits per heavy atom. The third-order valence-corrected chi connectivity index (χ3v) is 5.87. The van der Waals surface area contributed by atoms with Crippen LogP contribution < -0.4 is 10.4 Å².